The molecule has 3 rings (SSSR count). The van der Waals surface area contributed by atoms with E-state index in [9.17, 15) is 0 Å². The smallest absolute Gasteiger partial charge is 0.00637 e. The van der Waals surface area contributed by atoms with Crippen molar-refractivity contribution in [2.75, 3.05) is 0 Å². The summed E-state index contributed by atoms with van der Waals surface area (Å²) in [7, 11) is 0. The molecule has 0 saturated carbocycles. The standard InChI is InChI=1S/C19H20/c1-14-3-6-16(7-4-14)12-17-8-10-18-11-15(2)5-9-19(18)13-17/h3-7,9,11,13H,8,10,12H2,1-2H3. The first-order chi connectivity index (χ1) is 9.20. The molecule has 0 heterocycles. The van der Waals surface area contributed by atoms with Gasteiger partial charge in [-0.05, 0) is 49.8 Å². The van der Waals surface area contributed by atoms with Gasteiger partial charge in [-0.2, -0.15) is 0 Å². The Kier molecular flexibility index (Phi) is 3.25. The van der Waals surface area contributed by atoms with E-state index < -0.39 is 0 Å². The number of aryl methyl sites for hydroxylation is 3. The highest BCUT2D eigenvalue weighted by atomic mass is 14.2. The molecule has 0 bridgehead atoms. The third-order valence-corrected chi connectivity index (χ3v) is 3.93. The third-order valence-electron chi connectivity index (χ3n) is 3.93. The van der Waals surface area contributed by atoms with Gasteiger partial charge in [0.2, 0.25) is 0 Å². The summed E-state index contributed by atoms with van der Waals surface area (Å²) in [6, 6.07) is 15.7. The highest BCUT2D eigenvalue weighted by Gasteiger charge is 2.10. The molecule has 0 aliphatic heterocycles. The number of allylic oxidation sites excluding steroid dienone is 1. The lowest BCUT2D eigenvalue weighted by Gasteiger charge is -2.17. The fourth-order valence-corrected chi connectivity index (χ4v) is 2.79. The van der Waals surface area contributed by atoms with Crippen LogP contribution >= 0.6 is 0 Å². The number of hydrogen-bond acceptors (Lipinski definition) is 0. The van der Waals surface area contributed by atoms with Gasteiger partial charge in [-0.1, -0.05) is 65.2 Å². The lowest BCUT2D eigenvalue weighted by atomic mass is 9.88. The minimum Gasteiger partial charge on any atom is -0.0649 e. The van der Waals surface area contributed by atoms with E-state index in [4.69, 9.17) is 0 Å². The van der Waals surface area contributed by atoms with Crippen molar-refractivity contribution in [1.29, 1.82) is 0 Å². The number of hydrogen-bond donors (Lipinski definition) is 0. The number of rotatable bonds is 2. The molecule has 2 aromatic rings. The Morgan fingerprint density at radius 1 is 0.842 bits per heavy atom. The van der Waals surface area contributed by atoms with Crippen molar-refractivity contribution < 1.29 is 0 Å². The van der Waals surface area contributed by atoms with Crippen LogP contribution in [0.15, 0.2) is 48.0 Å². The van der Waals surface area contributed by atoms with E-state index in [2.05, 4.69) is 62.4 Å². The van der Waals surface area contributed by atoms with Crippen LogP contribution in [-0.4, -0.2) is 0 Å². The molecule has 0 amide bonds. The Hall–Kier alpha value is -1.82. The lowest BCUT2D eigenvalue weighted by molar-refractivity contribution is 0.887. The molecule has 0 nitrogen and oxygen atoms in total. The Bertz CT molecular complexity index is 615. The van der Waals surface area contributed by atoms with Gasteiger partial charge in [-0.15, -0.1) is 0 Å². The zero-order valence-corrected chi connectivity index (χ0v) is 11.7. The third kappa shape index (κ3) is 2.78. The van der Waals surface area contributed by atoms with Gasteiger partial charge < -0.3 is 0 Å². The van der Waals surface area contributed by atoms with Crippen LogP contribution < -0.4 is 0 Å². The first-order valence-electron chi connectivity index (χ1n) is 7.05. The highest BCUT2D eigenvalue weighted by Crippen LogP contribution is 2.26. The molecule has 0 unspecified atom stereocenters. The van der Waals surface area contributed by atoms with Crippen molar-refractivity contribution in [2.24, 2.45) is 0 Å². The van der Waals surface area contributed by atoms with Crippen molar-refractivity contribution in [3.8, 4) is 0 Å². The average molecular weight is 248 g/mol. The van der Waals surface area contributed by atoms with E-state index >= 15 is 0 Å². The van der Waals surface area contributed by atoms with Crippen LogP contribution in [-0.2, 0) is 12.8 Å². The van der Waals surface area contributed by atoms with Gasteiger partial charge in [0, 0.05) is 0 Å². The molecular formula is C19H20. The van der Waals surface area contributed by atoms with Crippen molar-refractivity contribution in [2.45, 2.75) is 33.1 Å². The van der Waals surface area contributed by atoms with Crippen LogP contribution in [0.2, 0.25) is 0 Å². The quantitative estimate of drug-likeness (QED) is 0.711. The molecule has 1 aliphatic rings. The summed E-state index contributed by atoms with van der Waals surface area (Å²) in [5, 5.41) is 0. The van der Waals surface area contributed by atoms with E-state index in [1.165, 1.54) is 40.7 Å². The average Bonchev–Trinajstić information content (AvgIpc) is 2.42. The van der Waals surface area contributed by atoms with Gasteiger partial charge in [-0.3, -0.25) is 0 Å². The molecule has 0 spiro atoms. The van der Waals surface area contributed by atoms with Gasteiger partial charge >= 0.3 is 0 Å². The molecule has 0 N–H and O–H groups in total. The summed E-state index contributed by atoms with van der Waals surface area (Å²) in [6.07, 6.45) is 5.87. The van der Waals surface area contributed by atoms with E-state index in [0.717, 1.165) is 6.42 Å². The van der Waals surface area contributed by atoms with Crippen molar-refractivity contribution in [1.82, 2.24) is 0 Å². The number of benzene rings is 2. The molecule has 1 aliphatic carbocycles. The maximum Gasteiger partial charge on any atom is -0.00637 e. The van der Waals surface area contributed by atoms with Gasteiger partial charge in [-0.25, -0.2) is 0 Å². The Labute approximate surface area is 115 Å². The summed E-state index contributed by atoms with van der Waals surface area (Å²) in [4.78, 5) is 0. The largest absolute Gasteiger partial charge is 0.0649 e. The SMILES string of the molecule is Cc1ccc(CC2=Cc3ccc(C)cc3CC2)cc1. The molecule has 0 fully saturated rings. The molecular weight excluding hydrogens is 228 g/mol. The second-order valence-corrected chi connectivity index (χ2v) is 5.67. The summed E-state index contributed by atoms with van der Waals surface area (Å²) in [5.41, 5.74) is 8.61. The maximum atomic E-state index is 2.39. The topological polar surface area (TPSA) is 0 Å². The molecule has 0 atom stereocenters. The van der Waals surface area contributed by atoms with Crippen LogP contribution in [0.25, 0.3) is 6.08 Å². The summed E-state index contributed by atoms with van der Waals surface area (Å²) < 4.78 is 0. The van der Waals surface area contributed by atoms with Crippen LogP contribution in [0.1, 0.15) is 34.2 Å². The van der Waals surface area contributed by atoms with Crippen LogP contribution in [0.4, 0.5) is 0 Å². The highest BCUT2D eigenvalue weighted by molar-refractivity contribution is 5.60. The Balaban J connectivity index is 1.83. The van der Waals surface area contributed by atoms with Crippen molar-refractivity contribution >= 4 is 6.08 Å². The fraction of sp³-hybridized carbons (Fsp3) is 0.263. The Morgan fingerprint density at radius 3 is 2.37 bits per heavy atom. The van der Waals surface area contributed by atoms with Gasteiger partial charge in [0.25, 0.3) is 0 Å². The van der Waals surface area contributed by atoms with E-state index in [1.54, 1.807) is 5.57 Å². The zero-order valence-electron chi connectivity index (χ0n) is 11.7. The van der Waals surface area contributed by atoms with E-state index in [-0.39, 0.29) is 0 Å². The second kappa shape index (κ2) is 5.05. The zero-order chi connectivity index (χ0) is 13.2. The second-order valence-electron chi connectivity index (χ2n) is 5.67. The molecule has 2 aromatic carbocycles. The lowest BCUT2D eigenvalue weighted by Crippen LogP contribution is -2.02. The van der Waals surface area contributed by atoms with Gasteiger partial charge in [0.15, 0.2) is 0 Å². The molecule has 19 heavy (non-hydrogen) atoms. The first-order valence-corrected chi connectivity index (χ1v) is 7.05. The summed E-state index contributed by atoms with van der Waals surface area (Å²) in [6.45, 7) is 4.31. The predicted molar refractivity (Wildman–Crippen MR) is 82.4 cm³/mol. The summed E-state index contributed by atoms with van der Waals surface area (Å²) in [5.74, 6) is 0. The molecule has 0 heteroatoms. The molecule has 0 radical (unpaired) electrons. The normalized spacial score (nSPS) is 13.9. The molecule has 0 saturated heterocycles. The van der Waals surface area contributed by atoms with E-state index in [0.29, 0.717) is 0 Å². The number of fused-ring (bicyclic) bond motifs is 1. The molecule has 0 aromatic heterocycles. The minimum absolute atomic E-state index is 1.09. The predicted octanol–water partition coefficient (Wildman–Crippen LogP) is 4.88. The van der Waals surface area contributed by atoms with Gasteiger partial charge in [0.1, 0.15) is 0 Å². The summed E-state index contributed by atoms with van der Waals surface area (Å²) >= 11 is 0. The van der Waals surface area contributed by atoms with Crippen LogP contribution in [0.3, 0.4) is 0 Å². The minimum atomic E-state index is 1.09. The van der Waals surface area contributed by atoms with Crippen LogP contribution in [0.5, 0.6) is 0 Å². The van der Waals surface area contributed by atoms with E-state index in [1.807, 2.05) is 0 Å². The Morgan fingerprint density at radius 2 is 1.58 bits per heavy atom. The fourth-order valence-electron chi connectivity index (χ4n) is 2.79. The molecule has 96 valence electrons. The van der Waals surface area contributed by atoms with Crippen molar-refractivity contribution in [3.05, 3.63) is 75.9 Å². The van der Waals surface area contributed by atoms with Gasteiger partial charge in [0.05, 0.1) is 0 Å². The van der Waals surface area contributed by atoms with Crippen molar-refractivity contribution in [3.63, 3.8) is 0 Å². The van der Waals surface area contributed by atoms with Crippen LogP contribution in [0, 0.1) is 13.8 Å². The maximum absolute atomic E-state index is 2.39. The monoisotopic (exact) mass is 248 g/mol. The first kappa shape index (κ1) is 12.2.